The normalized spacial score (nSPS) is 13.0. The Morgan fingerprint density at radius 1 is 0.646 bits per heavy atom. The first-order valence-electron chi connectivity index (χ1n) is 21.4. The largest absolute Gasteiger partial charge is 0.509 e. The van der Waals surface area contributed by atoms with Crippen LogP contribution in [0.2, 0.25) is 0 Å². The Kier molecular flexibility index (Phi) is 11.1. The molecule has 7 aromatic carbocycles. The van der Waals surface area contributed by atoms with Gasteiger partial charge in [-0.05, 0) is 88.0 Å². The summed E-state index contributed by atoms with van der Waals surface area (Å²) in [5, 5.41) is 2.02. The van der Waals surface area contributed by atoms with E-state index in [0.29, 0.717) is 50.9 Å². The summed E-state index contributed by atoms with van der Waals surface area (Å²) in [6, 6.07) is 46.0. The van der Waals surface area contributed by atoms with Crippen LogP contribution in [0.4, 0.5) is 40.3 Å². The van der Waals surface area contributed by atoms with Gasteiger partial charge in [0.05, 0.1) is 0 Å². The monoisotopic (exact) mass is 1050 g/mol. The second kappa shape index (κ2) is 17.0. The number of fused-ring (bicyclic) bond motifs is 4. The van der Waals surface area contributed by atoms with Gasteiger partial charge in [0.15, 0.2) is 0 Å². The molecule has 9 aromatic rings. The molecule has 1 aliphatic rings. The average Bonchev–Trinajstić information content (AvgIpc) is 3.81. The second-order valence-electron chi connectivity index (χ2n) is 17.2. The van der Waals surface area contributed by atoms with E-state index in [9.17, 15) is 17.6 Å². The van der Waals surface area contributed by atoms with E-state index in [1.807, 2.05) is 76.7 Å². The standard InChI is InChI=1S/C55H41F4N4O.Pt/c1-33(2)34-25-42(30-44(26-34)64-43-17-18-48-47-11-6-7-14-49(47)63(52(48)31-43)53-27-37(19-20-60-53)55(3,4)5)61-32-62(51-16-9-8-15-50(51)61)54-45(35-21-38(56)28-39(57)22-35)12-10-13-46(54)36-23-40(58)29-41(59)24-36;/h6-29,32-33H,1-5H3;/q-3;/i33D;. The van der Waals surface area contributed by atoms with Gasteiger partial charge in [0.25, 0.3) is 0 Å². The fourth-order valence-corrected chi connectivity index (χ4v) is 8.47. The fraction of sp³-hybridized carbons (Fsp3) is 0.127. The van der Waals surface area contributed by atoms with Gasteiger partial charge in [-0.25, -0.2) is 22.5 Å². The van der Waals surface area contributed by atoms with Gasteiger partial charge in [0.2, 0.25) is 0 Å². The smallest absolute Gasteiger partial charge is 0.135 e. The molecular weight excluding hydrogens is 1000 g/mol. The number of nitrogens with zero attached hydrogens (tertiary/aromatic N) is 4. The summed E-state index contributed by atoms with van der Waals surface area (Å²) in [4.78, 5) is 8.52. The van der Waals surface area contributed by atoms with Crippen LogP contribution in [0, 0.1) is 42.1 Å². The zero-order valence-corrected chi connectivity index (χ0v) is 38.2. The fourth-order valence-electron chi connectivity index (χ4n) is 8.47. The van der Waals surface area contributed by atoms with Crippen molar-refractivity contribution in [1.29, 1.82) is 0 Å². The number of halogens is 4. The summed E-state index contributed by atoms with van der Waals surface area (Å²) in [5.74, 6) is -2.67. The molecule has 0 saturated heterocycles. The van der Waals surface area contributed by atoms with Crippen LogP contribution in [0.1, 0.15) is 53.0 Å². The Morgan fingerprint density at radius 3 is 1.89 bits per heavy atom. The molecule has 3 heterocycles. The maximum atomic E-state index is 14.9. The van der Waals surface area contributed by atoms with E-state index in [1.54, 1.807) is 44.8 Å². The van der Waals surface area contributed by atoms with Crippen molar-refractivity contribution in [3.8, 4) is 39.6 Å². The molecule has 0 unspecified atom stereocenters. The second-order valence-corrected chi connectivity index (χ2v) is 17.2. The number of aromatic nitrogens is 2. The summed E-state index contributed by atoms with van der Waals surface area (Å²) in [7, 11) is 0. The molecule has 0 fully saturated rings. The molecule has 0 bridgehead atoms. The molecule has 10 rings (SSSR count). The minimum Gasteiger partial charge on any atom is -0.509 e. The predicted octanol–water partition coefficient (Wildman–Crippen LogP) is 15.3. The molecule has 0 N–H and O–H groups in total. The zero-order chi connectivity index (χ0) is 45.4. The molecule has 5 nitrogen and oxygen atoms in total. The van der Waals surface area contributed by atoms with Crippen molar-refractivity contribution in [1.82, 2.24) is 9.55 Å². The van der Waals surface area contributed by atoms with Gasteiger partial charge in [-0.15, -0.1) is 53.6 Å². The van der Waals surface area contributed by atoms with Crippen molar-refractivity contribution in [2.75, 3.05) is 9.80 Å². The molecule has 0 aliphatic carbocycles. The molecule has 0 atom stereocenters. The molecule has 0 spiro atoms. The van der Waals surface area contributed by atoms with Gasteiger partial charge in [-0.1, -0.05) is 88.7 Å². The molecule has 2 aromatic heterocycles. The van der Waals surface area contributed by atoms with Crippen molar-refractivity contribution >= 4 is 44.6 Å². The van der Waals surface area contributed by atoms with Gasteiger partial charge >= 0.3 is 0 Å². The van der Waals surface area contributed by atoms with E-state index in [0.717, 1.165) is 45.3 Å². The quantitative estimate of drug-likeness (QED) is 0.112. The maximum Gasteiger partial charge on any atom is 0.135 e. The van der Waals surface area contributed by atoms with Gasteiger partial charge in [0.1, 0.15) is 29.1 Å². The van der Waals surface area contributed by atoms with E-state index < -0.39 is 29.2 Å². The zero-order valence-electron chi connectivity index (χ0n) is 37.0. The van der Waals surface area contributed by atoms with E-state index >= 15 is 0 Å². The average molecular weight is 1050 g/mol. The van der Waals surface area contributed by atoms with Crippen LogP contribution in [-0.2, 0) is 26.5 Å². The van der Waals surface area contributed by atoms with E-state index in [-0.39, 0.29) is 37.6 Å². The minimum absolute atomic E-state index is 0. The number of para-hydroxylation sites is 4. The summed E-state index contributed by atoms with van der Waals surface area (Å²) < 4.78 is 77.4. The number of ether oxygens (including phenoxy) is 1. The van der Waals surface area contributed by atoms with Crippen LogP contribution in [0.15, 0.2) is 146 Å². The van der Waals surface area contributed by atoms with Gasteiger partial charge in [-0.3, -0.25) is 0 Å². The third kappa shape index (κ3) is 8.19. The van der Waals surface area contributed by atoms with Crippen molar-refractivity contribution in [3.05, 3.63) is 199 Å². The maximum absolute atomic E-state index is 14.9. The first kappa shape index (κ1) is 42.3. The van der Waals surface area contributed by atoms with Crippen LogP contribution < -0.4 is 14.5 Å². The van der Waals surface area contributed by atoms with Crippen molar-refractivity contribution in [2.45, 2.75) is 45.9 Å². The number of pyridine rings is 1. The third-order valence-corrected chi connectivity index (χ3v) is 11.5. The molecular formula is C55H41F4N4OPt-3. The van der Waals surface area contributed by atoms with Crippen LogP contribution in [0.3, 0.4) is 0 Å². The molecule has 328 valence electrons. The first-order chi connectivity index (χ1) is 31.1. The van der Waals surface area contributed by atoms with E-state index in [4.69, 9.17) is 11.1 Å². The number of hydrogen-bond donors (Lipinski definition) is 0. The Morgan fingerprint density at radius 2 is 1.26 bits per heavy atom. The van der Waals surface area contributed by atoms with Crippen LogP contribution in [0.25, 0.3) is 49.9 Å². The Hall–Kier alpha value is -6.70. The summed E-state index contributed by atoms with van der Waals surface area (Å²) in [6.07, 6.45) is 1.83. The minimum atomic E-state index is -1.08. The number of rotatable bonds is 8. The van der Waals surface area contributed by atoms with Crippen LogP contribution in [0.5, 0.6) is 11.5 Å². The van der Waals surface area contributed by atoms with Crippen LogP contribution in [-0.4, -0.2) is 9.55 Å². The molecule has 1 aliphatic heterocycles. The SMILES string of the molecule is [2H]C(C)(C)c1cc(Oc2[c-]c3c(cc2)c2ccccc2n3-c2cc(C(C)(C)C)ccn2)[c-]c(N2[CH-]N(c3c(-c4cc(F)cc(F)c4)cccc3-c3cc(F)cc(F)c3)c3ccccc32)c1.[Pt]. The Labute approximate surface area is 391 Å². The molecule has 10 heteroatoms. The van der Waals surface area contributed by atoms with Gasteiger partial charge in [-0.2, -0.15) is 6.07 Å². The Bertz CT molecular complexity index is 3230. The number of hydrogen-bond acceptors (Lipinski definition) is 4. The Balaban J connectivity index is 0.00000548. The van der Waals surface area contributed by atoms with Gasteiger partial charge < -0.3 is 19.1 Å². The summed E-state index contributed by atoms with van der Waals surface area (Å²) in [5.41, 5.74) is 7.03. The molecule has 0 amide bonds. The van der Waals surface area contributed by atoms with Crippen molar-refractivity contribution < 1.29 is 44.7 Å². The predicted molar refractivity (Wildman–Crippen MR) is 248 cm³/mol. The summed E-state index contributed by atoms with van der Waals surface area (Å²) in [6.45, 7) is 11.9. The summed E-state index contributed by atoms with van der Waals surface area (Å²) >= 11 is 0. The van der Waals surface area contributed by atoms with Gasteiger partial charge in [0, 0.05) is 86.0 Å². The topological polar surface area (TPSA) is 33.5 Å². The number of benzene rings is 7. The first-order valence-corrected chi connectivity index (χ1v) is 20.9. The molecule has 0 radical (unpaired) electrons. The van der Waals surface area contributed by atoms with Crippen molar-refractivity contribution in [2.24, 2.45) is 0 Å². The molecule has 65 heavy (non-hydrogen) atoms. The molecule has 0 saturated carbocycles. The van der Waals surface area contributed by atoms with Crippen LogP contribution >= 0.6 is 0 Å². The van der Waals surface area contributed by atoms with E-state index in [1.165, 1.54) is 24.3 Å². The number of anilines is 4. The van der Waals surface area contributed by atoms with E-state index in [2.05, 4.69) is 55.7 Å². The third-order valence-electron chi connectivity index (χ3n) is 11.5. The van der Waals surface area contributed by atoms with Crippen molar-refractivity contribution in [3.63, 3.8) is 0 Å².